The SMILES string of the molecule is CC(C)(C)OC(=O)NC(Cc1ccccc1)C(=O)N1CCCC(CO)C1. The molecule has 2 atom stereocenters. The van der Waals surface area contributed by atoms with Crippen LogP contribution in [0.25, 0.3) is 0 Å². The molecule has 1 heterocycles. The van der Waals surface area contributed by atoms with E-state index in [0.717, 1.165) is 18.4 Å². The summed E-state index contributed by atoms with van der Waals surface area (Å²) in [5.74, 6) is -0.0236. The molecular formula is C20H30N2O4. The summed E-state index contributed by atoms with van der Waals surface area (Å²) < 4.78 is 5.32. The third-order valence-corrected chi connectivity index (χ3v) is 4.36. The standard InChI is InChI=1S/C20H30N2O4/c1-20(2,3)26-19(25)21-17(12-15-8-5-4-6-9-15)18(24)22-11-7-10-16(13-22)14-23/h4-6,8-9,16-17,23H,7,10-14H2,1-3H3,(H,21,25). The number of aliphatic hydroxyl groups is 1. The summed E-state index contributed by atoms with van der Waals surface area (Å²) >= 11 is 0. The van der Waals surface area contributed by atoms with E-state index in [1.54, 1.807) is 25.7 Å². The molecule has 0 radical (unpaired) electrons. The molecule has 1 aromatic rings. The molecule has 144 valence electrons. The molecule has 2 rings (SSSR count). The zero-order valence-electron chi connectivity index (χ0n) is 15.9. The van der Waals surface area contributed by atoms with E-state index in [9.17, 15) is 14.7 Å². The summed E-state index contributed by atoms with van der Waals surface area (Å²) in [5, 5.41) is 12.1. The highest BCUT2D eigenvalue weighted by Crippen LogP contribution is 2.18. The Bertz CT molecular complexity index is 598. The Morgan fingerprint density at radius 3 is 2.62 bits per heavy atom. The smallest absolute Gasteiger partial charge is 0.408 e. The highest BCUT2D eigenvalue weighted by Gasteiger charge is 2.31. The Morgan fingerprint density at radius 1 is 1.31 bits per heavy atom. The highest BCUT2D eigenvalue weighted by molar-refractivity contribution is 5.86. The molecule has 0 aliphatic carbocycles. The number of likely N-dealkylation sites (tertiary alicyclic amines) is 1. The summed E-state index contributed by atoms with van der Waals surface area (Å²) in [6, 6.07) is 8.91. The van der Waals surface area contributed by atoms with Crippen LogP contribution in [0.4, 0.5) is 4.79 Å². The van der Waals surface area contributed by atoms with Gasteiger partial charge in [-0.05, 0) is 45.1 Å². The van der Waals surface area contributed by atoms with E-state index in [2.05, 4.69) is 5.32 Å². The fourth-order valence-corrected chi connectivity index (χ4v) is 3.13. The topological polar surface area (TPSA) is 78.9 Å². The van der Waals surface area contributed by atoms with Gasteiger partial charge in [-0.1, -0.05) is 30.3 Å². The first-order chi connectivity index (χ1) is 12.3. The quantitative estimate of drug-likeness (QED) is 0.843. The van der Waals surface area contributed by atoms with E-state index in [1.807, 2.05) is 30.3 Å². The molecule has 1 aliphatic heterocycles. The number of benzene rings is 1. The summed E-state index contributed by atoms with van der Waals surface area (Å²) in [5.41, 5.74) is 0.343. The number of hydrogen-bond donors (Lipinski definition) is 2. The largest absolute Gasteiger partial charge is 0.444 e. The van der Waals surface area contributed by atoms with Crippen LogP contribution in [-0.4, -0.2) is 53.3 Å². The van der Waals surface area contributed by atoms with Gasteiger partial charge in [-0.3, -0.25) is 4.79 Å². The second kappa shape index (κ2) is 9.03. The lowest BCUT2D eigenvalue weighted by atomic mass is 9.97. The maximum absolute atomic E-state index is 13.0. The predicted molar refractivity (Wildman–Crippen MR) is 99.7 cm³/mol. The third-order valence-electron chi connectivity index (χ3n) is 4.36. The molecule has 1 fully saturated rings. The number of amides is 2. The van der Waals surface area contributed by atoms with Gasteiger partial charge in [-0.25, -0.2) is 4.79 Å². The molecule has 0 aromatic heterocycles. The van der Waals surface area contributed by atoms with Crippen LogP contribution in [0.1, 0.15) is 39.2 Å². The predicted octanol–water partition coefficient (Wildman–Crippen LogP) is 2.35. The van der Waals surface area contributed by atoms with Crippen molar-refractivity contribution in [3.05, 3.63) is 35.9 Å². The van der Waals surface area contributed by atoms with Crippen LogP contribution >= 0.6 is 0 Å². The van der Waals surface area contributed by atoms with Crippen molar-refractivity contribution in [2.24, 2.45) is 5.92 Å². The van der Waals surface area contributed by atoms with Crippen molar-refractivity contribution < 1.29 is 19.4 Å². The number of ether oxygens (including phenoxy) is 1. The Hall–Kier alpha value is -2.08. The van der Waals surface area contributed by atoms with Gasteiger partial charge in [-0.2, -0.15) is 0 Å². The summed E-state index contributed by atoms with van der Waals surface area (Å²) in [6.07, 6.45) is 1.59. The van der Waals surface area contributed by atoms with E-state index in [4.69, 9.17) is 4.74 Å². The lowest BCUT2D eigenvalue weighted by Crippen LogP contribution is -2.53. The molecular weight excluding hydrogens is 332 g/mol. The number of hydrogen-bond acceptors (Lipinski definition) is 4. The number of alkyl carbamates (subject to hydrolysis) is 1. The zero-order chi connectivity index (χ0) is 19.2. The highest BCUT2D eigenvalue weighted by atomic mass is 16.6. The fraction of sp³-hybridized carbons (Fsp3) is 0.600. The van der Waals surface area contributed by atoms with E-state index in [0.29, 0.717) is 19.5 Å². The number of carbonyl (C=O) groups excluding carboxylic acids is 2. The van der Waals surface area contributed by atoms with Crippen molar-refractivity contribution in [3.63, 3.8) is 0 Å². The zero-order valence-corrected chi connectivity index (χ0v) is 15.9. The summed E-state index contributed by atoms with van der Waals surface area (Å²) in [4.78, 5) is 27.0. The molecule has 26 heavy (non-hydrogen) atoms. The Balaban J connectivity index is 2.10. The van der Waals surface area contributed by atoms with Crippen molar-refractivity contribution in [2.45, 2.75) is 51.7 Å². The van der Waals surface area contributed by atoms with Gasteiger partial charge >= 0.3 is 6.09 Å². The van der Waals surface area contributed by atoms with Gasteiger partial charge in [0.05, 0.1) is 0 Å². The van der Waals surface area contributed by atoms with E-state index >= 15 is 0 Å². The molecule has 2 amide bonds. The maximum atomic E-state index is 13.0. The normalized spacial score (nSPS) is 18.9. The molecule has 2 unspecified atom stereocenters. The molecule has 0 bridgehead atoms. The molecule has 0 saturated carbocycles. The molecule has 1 saturated heterocycles. The van der Waals surface area contributed by atoms with Gasteiger partial charge < -0.3 is 20.1 Å². The molecule has 0 spiro atoms. The Kier molecular flexibility index (Phi) is 7.03. The van der Waals surface area contributed by atoms with Crippen molar-refractivity contribution in [2.75, 3.05) is 19.7 Å². The lowest BCUT2D eigenvalue weighted by molar-refractivity contribution is -0.135. The van der Waals surface area contributed by atoms with Crippen LogP contribution in [-0.2, 0) is 16.0 Å². The minimum absolute atomic E-state index is 0.0760. The average Bonchev–Trinajstić information content (AvgIpc) is 2.60. The van der Waals surface area contributed by atoms with Crippen molar-refractivity contribution in [1.82, 2.24) is 10.2 Å². The van der Waals surface area contributed by atoms with E-state index in [-0.39, 0.29) is 18.4 Å². The monoisotopic (exact) mass is 362 g/mol. The minimum Gasteiger partial charge on any atom is -0.444 e. The Morgan fingerprint density at radius 2 is 2.00 bits per heavy atom. The number of carbonyl (C=O) groups is 2. The lowest BCUT2D eigenvalue weighted by Gasteiger charge is -2.34. The number of piperidine rings is 1. The molecule has 1 aliphatic rings. The average molecular weight is 362 g/mol. The Labute approximate surface area is 155 Å². The van der Waals surface area contributed by atoms with Crippen LogP contribution in [0.5, 0.6) is 0 Å². The van der Waals surface area contributed by atoms with Gasteiger partial charge in [0.1, 0.15) is 11.6 Å². The van der Waals surface area contributed by atoms with Gasteiger partial charge in [0.15, 0.2) is 0 Å². The summed E-state index contributed by atoms with van der Waals surface area (Å²) in [6.45, 7) is 6.62. The maximum Gasteiger partial charge on any atom is 0.408 e. The van der Waals surface area contributed by atoms with Crippen LogP contribution in [0.3, 0.4) is 0 Å². The minimum atomic E-state index is -0.690. The molecule has 6 nitrogen and oxygen atoms in total. The van der Waals surface area contributed by atoms with Crippen LogP contribution < -0.4 is 5.32 Å². The molecule has 2 N–H and O–H groups in total. The third kappa shape index (κ3) is 6.33. The van der Waals surface area contributed by atoms with Crippen molar-refractivity contribution >= 4 is 12.0 Å². The first-order valence-electron chi connectivity index (χ1n) is 9.21. The van der Waals surface area contributed by atoms with Crippen LogP contribution in [0.2, 0.25) is 0 Å². The second-order valence-corrected chi connectivity index (χ2v) is 7.86. The number of aliphatic hydroxyl groups excluding tert-OH is 1. The van der Waals surface area contributed by atoms with Gasteiger partial charge in [0, 0.05) is 26.1 Å². The van der Waals surface area contributed by atoms with Gasteiger partial charge in [0.25, 0.3) is 0 Å². The number of nitrogens with zero attached hydrogens (tertiary/aromatic N) is 1. The molecule has 6 heteroatoms. The van der Waals surface area contributed by atoms with Crippen LogP contribution in [0, 0.1) is 5.92 Å². The van der Waals surface area contributed by atoms with Gasteiger partial charge in [-0.15, -0.1) is 0 Å². The van der Waals surface area contributed by atoms with Crippen molar-refractivity contribution in [3.8, 4) is 0 Å². The first-order valence-corrected chi connectivity index (χ1v) is 9.21. The van der Waals surface area contributed by atoms with Gasteiger partial charge in [0.2, 0.25) is 5.91 Å². The number of nitrogens with one attached hydrogen (secondary N) is 1. The number of rotatable bonds is 5. The van der Waals surface area contributed by atoms with Crippen LogP contribution in [0.15, 0.2) is 30.3 Å². The van der Waals surface area contributed by atoms with E-state index < -0.39 is 17.7 Å². The van der Waals surface area contributed by atoms with Crippen molar-refractivity contribution in [1.29, 1.82) is 0 Å². The molecule has 1 aromatic carbocycles. The summed E-state index contributed by atoms with van der Waals surface area (Å²) in [7, 11) is 0. The second-order valence-electron chi connectivity index (χ2n) is 7.86. The van der Waals surface area contributed by atoms with E-state index in [1.165, 1.54) is 0 Å². The first kappa shape index (κ1) is 20.2. The fourth-order valence-electron chi connectivity index (χ4n) is 3.13.